The first-order valence-electron chi connectivity index (χ1n) is 6.06. The molecule has 0 atom stereocenters. The molecule has 4 nitrogen and oxygen atoms in total. The Morgan fingerprint density at radius 1 is 1.22 bits per heavy atom. The number of benzene rings is 1. The molecule has 1 aromatic rings. The molecule has 1 rings (SSSR count). The molecule has 0 saturated heterocycles. The molecule has 0 aliphatic heterocycles. The molecule has 0 aromatic heterocycles. The Bertz CT molecular complexity index is 389. The number of likely N-dealkylation sites (N-methyl/N-ethyl adjacent to an activating group) is 1. The van der Waals surface area contributed by atoms with Gasteiger partial charge >= 0.3 is 5.97 Å². The summed E-state index contributed by atoms with van der Waals surface area (Å²) in [5, 5.41) is 0. The first kappa shape index (κ1) is 14.2. The second-order valence-corrected chi connectivity index (χ2v) is 3.96. The monoisotopic (exact) mass is 249 g/mol. The van der Waals surface area contributed by atoms with Gasteiger partial charge in [-0.1, -0.05) is 30.3 Å². The molecule has 18 heavy (non-hydrogen) atoms. The Labute approximate surface area is 108 Å². The van der Waals surface area contributed by atoms with Crippen molar-refractivity contribution in [3.8, 4) is 0 Å². The van der Waals surface area contributed by atoms with Gasteiger partial charge in [-0.2, -0.15) is 0 Å². The summed E-state index contributed by atoms with van der Waals surface area (Å²) in [7, 11) is 1.35. The average Bonchev–Trinajstić information content (AvgIpc) is 2.40. The second kappa shape index (κ2) is 7.48. The molecule has 0 N–H and O–H groups in total. The average molecular weight is 249 g/mol. The molecule has 0 aliphatic carbocycles. The van der Waals surface area contributed by atoms with E-state index in [1.807, 2.05) is 37.3 Å². The fourth-order valence-electron chi connectivity index (χ4n) is 1.67. The number of rotatable bonds is 6. The number of carbonyl (C=O) groups is 2. The van der Waals surface area contributed by atoms with Crippen LogP contribution in [0.3, 0.4) is 0 Å². The predicted octanol–water partition coefficient (Wildman–Crippen LogP) is 1.64. The fraction of sp³-hybridized carbons (Fsp3) is 0.429. The van der Waals surface area contributed by atoms with Crippen LogP contribution in [0.1, 0.15) is 18.9 Å². The quantitative estimate of drug-likeness (QED) is 0.720. The highest BCUT2D eigenvalue weighted by Gasteiger charge is 2.13. The molecule has 98 valence electrons. The molecule has 0 spiro atoms. The summed E-state index contributed by atoms with van der Waals surface area (Å²) in [5.41, 5.74) is 0.985. The number of nitrogens with zero attached hydrogens (tertiary/aromatic N) is 1. The van der Waals surface area contributed by atoms with Gasteiger partial charge in [0.15, 0.2) is 0 Å². The molecule has 1 aromatic carbocycles. The van der Waals surface area contributed by atoms with Crippen LogP contribution in [0.25, 0.3) is 0 Å². The first-order chi connectivity index (χ1) is 8.67. The van der Waals surface area contributed by atoms with Crippen molar-refractivity contribution in [1.82, 2.24) is 4.90 Å². The van der Waals surface area contributed by atoms with Crippen molar-refractivity contribution in [3.05, 3.63) is 35.9 Å². The van der Waals surface area contributed by atoms with Gasteiger partial charge in [-0.15, -0.1) is 0 Å². The standard InChI is InChI=1S/C14H19NO3/c1-3-15(10-9-14(17)18-2)13(16)11-12-7-5-4-6-8-12/h4-8H,3,9-11H2,1-2H3. The number of hydrogen-bond acceptors (Lipinski definition) is 3. The zero-order chi connectivity index (χ0) is 13.4. The lowest BCUT2D eigenvalue weighted by Crippen LogP contribution is -2.34. The molecule has 4 heteroatoms. The molecule has 0 unspecified atom stereocenters. The maximum Gasteiger partial charge on any atom is 0.307 e. The van der Waals surface area contributed by atoms with E-state index in [0.717, 1.165) is 5.56 Å². The normalized spacial score (nSPS) is 9.89. The van der Waals surface area contributed by atoms with E-state index in [4.69, 9.17) is 0 Å². The number of hydrogen-bond donors (Lipinski definition) is 0. The molecule has 0 saturated carbocycles. The highest BCUT2D eigenvalue weighted by molar-refractivity contribution is 5.79. The summed E-state index contributed by atoms with van der Waals surface area (Å²) in [6.45, 7) is 2.91. The molecule has 1 amide bonds. The van der Waals surface area contributed by atoms with Crippen molar-refractivity contribution in [1.29, 1.82) is 0 Å². The molecule has 0 aliphatic rings. The van der Waals surface area contributed by atoms with Crippen LogP contribution < -0.4 is 0 Å². The number of carbonyl (C=O) groups excluding carboxylic acids is 2. The molecule has 0 bridgehead atoms. The Kier molecular flexibility index (Phi) is 5.91. The van der Waals surface area contributed by atoms with E-state index in [9.17, 15) is 9.59 Å². The van der Waals surface area contributed by atoms with E-state index in [1.54, 1.807) is 4.90 Å². The number of esters is 1. The topological polar surface area (TPSA) is 46.6 Å². The van der Waals surface area contributed by atoms with Gasteiger partial charge < -0.3 is 9.64 Å². The second-order valence-electron chi connectivity index (χ2n) is 3.96. The maximum absolute atomic E-state index is 12.0. The number of ether oxygens (including phenoxy) is 1. The van der Waals surface area contributed by atoms with E-state index in [1.165, 1.54) is 7.11 Å². The summed E-state index contributed by atoms with van der Waals surface area (Å²) >= 11 is 0. The fourth-order valence-corrected chi connectivity index (χ4v) is 1.67. The van der Waals surface area contributed by atoms with Crippen LogP contribution in [0.15, 0.2) is 30.3 Å². The SMILES string of the molecule is CCN(CCC(=O)OC)C(=O)Cc1ccccc1. The van der Waals surface area contributed by atoms with Crippen molar-refractivity contribution in [2.45, 2.75) is 19.8 Å². The maximum atomic E-state index is 12.0. The zero-order valence-electron chi connectivity index (χ0n) is 10.9. The lowest BCUT2D eigenvalue weighted by atomic mass is 10.1. The van der Waals surface area contributed by atoms with Gasteiger partial charge in [0, 0.05) is 13.1 Å². The summed E-state index contributed by atoms with van der Waals surface area (Å²) in [6, 6.07) is 9.58. The van der Waals surface area contributed by atoms with Crippen LogP contribution >= 0.6 is 0 Å². The van der Waals surface area contributed by atoms with Crippen LogP contribution in [0.5, 0.6) is 0 Å². The zero-order valence-corrected chi connectivity index (χ0v) is 10.9. The van der Waals surface area contributed by atoms with Crippen molar-refractivity contribution < 1.29 is 14.3 Å². The van der Waals surface area contributed by atoms with Crippen LogP contribution in [0.2, 0.25) is 0 Å². The van der Waals surface area contributed by atoms with Gasteiger partial charge in [-0.25, -0.2) is 0 Å². The smallest absolute Gasteiger partial charge is 0.307 e. The van der Waals surface area contributed by atoms with E-state index in [-0.39, 0.29) is 18.3 Å². The van der Waals surface area contributed by atoms with Gasteiger partial charge in [0.1, 0.15) is 0 Å². The Morgan fingerprint density at radius 3 is 2.44 bits per heavy atom. The number of amides is 1. The molecular formula is C14H19NO3. The Morgan fingerprint density at radius 2 is 1.89 bits per heavy atom. The van der Waals surface area contributed by atoms with Crippen molar-refractivity contribution >= 4 is 11.9 Å². The third kappa shape index (κ3) is 4.57. The predicted molar refractivity (Wildman–Crippen MR) is 69.0 cm³/mol. The van der Waals surface area contributed by atoms with E-state index < -0.39 is 0 Å². The summed E-state index contributed by atoms with van der Waals surface area (Å²) in [4.78, 5) is 24.7. The van der Waals surface area contributed by atoms with Gasteiger partial charge in [-0.05, 0) is 12.5 Å². The molecule has 0 radical (unpaired) electrons. The van der Waals surface area contributed by atoms with Crippen molar-refractivity contribution in [2.24, 2.45) is 0 Å². The van der Waals surface area contributed by atoms with Crippen LogP contribution in [-0.2, 0) is 20.7 Å². The third-order valence-electron chi connectivity index (χ3n) is 2.75. The minimum atomic E-state index is -0.291. The lowest BCUT2D eigenvalue weighted by molar-refractivity contribution is -0.141. The van der Waals surface area contributed by atoms with Crippen LogP contribution in [-0.4, -0.2) is 37.0 Å². The summed E-state index contributed by atoms with van der Waals surface area (Å²) in [6.07, 6.45) is 0.612. The minimum Gasteiger partial charge on any atom is -0.469 e. The van der Waals surface area contributed by atoms with Crippen LogP contribution in [0.4, 0.5) is 0 Å². The highest BCUT2D eigenvalue weighted by Crippen LogP contribution is 2.04. The van der Waals surface area contributed by atoms with E-state index in [2.05, 4.69) is 4.74 Å². The van der Waals surface area contributed by atoms with Gasteiger partial charge in [-0.3, -0.25) is 9.59 Å². The summed E-state index contributed by atoms with van der Waals surface area (Å²) in [5.74, 6) is -0.256. The Hall–Kier alpha value is -1.84. The Balaban J connectivity index is 2.49. The third-order valence-corrected chi connectivity index (χ3v) is 2.75. The van der Waals surface area contributed by atoms with Crippen LogP contribution in [0, 0.1) is 0 Å². The first-order valence-corrected chi connectivity index (χ1v) is 6.06. The summed E-state index contributed by atoms with van der Waals surface area (Å²) < 4.78 is 4.57. The van der Waals surface area contributed by atoms with Gasteiger partial charge in [0.05, 0.1) is 20.0 Å². The minimum absolute atomic E-state index is 0.0348. The van der Waals surface area contributed by atoms with E-state index in [0.29, 0.717) is 19.5 Å². The van der Waals surface area contributed by atoms with Gasteiger partial charge in [0.2, 0.25) is 5.91 Å². The van der Waals surface area contributed by atoms with E-state index >= 15 is 0 Å². The lowest BCUT2D eigenvalue weighted by Gasteiger charge is -2.20. The molecule has 0 fully saturated rings. The highest BCUT2D eigenvalue weighted by atomic mass is 16.5. The van der Waals surface area contributed by atoms with Crippen molar-refractivity contribution in [3.63, 3.8) is 0 Å². The molecular weight excluding hydrogens is 230 g/mol. The molecule has 0 heterocycles. The van der Waals surface area contributed by atoms with Gasteiger partial charge in [0.25, 0.3) is 0 Å². The number of methoxy groups -OCH3 is 1. The largest absolute Gasteiger partial charge is 0.469 e. The van der Waals surface area contributed by atoms with Crippen molar-refractivity contribution in [2.75, 3.05) is 20.2 Å².